The number of nitrogens with zero attached hydrogens (tertiary/aromatic N) is 1. The Kier molecular flexibility index (Phi) is 44.0. The third-order valence-electron chi connectivity index (χ3n) is 11.3. The standard InChI is InChI=1S/C56H97NO7/c1-6-8-10-12-14-16-18-20-22-24-25-26-27-28-29-31-33-35-37-39-41-43-45-47-55(59)64-52(50-62-49-48-53(56(60)61)57(3,4)5)51-63-54(58)46-44-42-40-38-36-34-32-30-23-21-19-17-15-13-11-9-7-2/h8,10,14,16,20-23,25-26,28-29,52-53H,6-7,9,11-13,15,17-19,24,27,30-51H2,1-5H3/p+1/b10-8+,16-14+,22-20+,23-21+,26-25+,29-28+. The van der Waals surface area contributed by atoms with E-state index >= 15 is 0 Å². The molecule has 2 atom stereocenters. The molecule has 0 aromatic heterocycles. The number of carboxylic acids is 1. The number of unbranched alkanes of at least 4 members (excludes halogenated alkanes) is 20. The van der Waals surface area contributed by atoms with Gasteiger partial charge in [0.2, 0.25) is 0 Å². The van der Waals surface area contributed by atoms with Crippen LogP contribution in [-0.2, 0) is 28.6 Å². The minimum absolute atomic E-state index is 0.0526. The second-order valence-corrected chi connectivity index (χ2v) is 18.4. The fourth-order valence-corrected chi connectivity index (χ4v) is 7.35. The first kappa shape index (κ1) is 60.8. The highest BCUT2D eigenvalue weighted by Crippen LogP contribution is 2.15. The Labute approximate surface area is 393 Å². The number of rotatable bonds is 46. The predicted octanol–water partition coefficient (Wildman–Crippen LogP) is 15.1. The third kappa shape index (κ3) is 44.0. The molecular formula is C56H98NO7+. The molecule has 2 unspecified atom stereocenters. The van der Waals surface area contributed by atoms with Crippen molar-refractivity contribution < 1.29 is 38.2 Å². The fourth-order valence-electron chi connectivity index (χ4n) is 7.35. The van der Waals surface area contributed by atoms with Crippen LogP contribution in [-0.4, -0.2) is 80.6 Å². The summed E-state index contributed by atoms with van der Waals surface area (Å²) in [5.41, 5.74) is 0. The zero-order chi connectivity index (χ0) is 47.0. The van der Waals surface area contributed by atoms with Crippen LogP contribution in [0.25, 0.3) is 0 Å². The van der Waals surface area contributed by atoms with Crippen LogP contribution in [0.2, 0.25) is 0 Å². The van der Waals surface area contributed by atoms with Gasteiger partial charge in [-0.15, -0.1) is 0 Å². The molecule has 368 valence electrons. The minimum atomic E-state index is -0.879. The fraction of sp³-hybridized carbons (Fsp3) is 0.732. The van der Waals surface area contributed by atoms with Crippen LogP contribution >= 0.6 is 0 Å². The summed E-state index contributed by atoms with van der Waals surface area (Å²) in [5, 5.41) is 9.66. The van der Waals surface area contributed by atoms with E-state index in [4.69, 9.17) is 14.2 Å². The van der Waals surface area contributed by atoms with Gasteiger partial charge in [-0.05, 0) is 83.5 Å². The summed E-state index contributed by atoms with van der Waals surface area (Å²) in [6.07, 6.45) is 59.5. The van der Waals surface area contributed by atoms with Gasteiger partial charge in [-0.1, -0.05) is 183 Å². The Morgan fingerprint density at radius 1 is 0.484 bits per heavy atom. The molecule has 0 aromatic rings. The van der Waals surface area contributed by atoms with Crippen LogP contribution in [0.15, 0.2) is 72.9 Å². The Balaban J connectivity index is 4.28. The SMILES string of the molecule is CC/C=C/C/C=C/C/C=C/C/C=C/C/C=C/CCCCCCCCCC(=O)OC(COCCC(C(=O)O)[N+](C)(C)C)COC(=O)CCCCCCCCC/C=C/CCCCCCCC. The first-order valence-corrected chi connectivity index (χ1v) is 26.0. The molecule has 64 heavy (non-hydrogen) atoms. The molecule has 0 radical (unpaired) electrons. The summed E-state index contributed by atoms with van der Waals surface area (Å²) in [6.45, 7) is 4.61. The summed E-state index contributed by atoms with van der Waals surface area (Å²) in [6, 6.07) is -0.621. The molecule has 0 saturated carbocycles. The van der Waals surface area contributed by atoms with E-state index in [2.05, 4.69) is 86.8 Å². The zero-order valence-electron chi connectivity index (χ0n) is 42.0. The van der Waals surface area contributed by atoms with Crippen molar-refractivity contribution >= 4 is 17.9 Å². The Morgan fingerprint density at radius 2 is 0.875 bits per heavy atom. The highest BCUT2D eigenvalue weighted by atomic mass is 16.6. The first-order valence-electron chi connectivity index (χ1n) is 26.0. The summed E-state index contributed by atoms with van der Waals surface area (Å²) < 4.78 is 17.3. The number of hydrogen-bond acceptors (Lipinski definition) is 6. The molecule has 0 heterocycles. The predicted molar refractivity (Wildman–Crippen MR) is 270 cm³/mol. The minimum Gasteiger partial charge on any atom is -0.477 e. The lowest BCUT2D eigenvalue weighted by molar-refractivity contribution is -0.887. The molecular weight excluding hydrogens is 799 g/mol. The van der Waals surface area contributed by atoms with E-state index < -0.39 is 18.1 Å². The van der Waals surface area contributed by atoms with E-state index in [1.807, 2.05) is 21.1 Å². The molecule has 0 bridgehead atoms. The molecule has 0 rings (SSSR count). The van der Waals surface area contributed by atoms with E-state index in [-0.39, 0.29) is 36.2 Å². The van der Waals surface area contributed by atoms with E-state index in [9.17, 15) is 19.5 Å². The summed E-state index contributed by atoms with van der Waals surface area (Å²) >= 11 is 0. The summed E-state index contributed by atoms with van der Waals surface area (Å²) in [4.78, 5) is 37.2. The van der Waals surface area contributed by atoms with Crippen molar-refractivity contribution in [2.45, 2.75) is 225 Å². The maximum atomic E-state index is 12.8. The number of quaternary nitrogens is 1. The van der Waals surface area contributed by atoms with Gasteiger partial charge >= 0.3 is 17.9 Å². The smallest absolute Gasteiger partial charge is 0.362 e. The number of esters is 2. The lowest BCUT2D eigenvalue weighted by Gasteiger charge is -2.31. The van der Waals surface area contributed by atoms with Gasteiger partial charge in [0, 0.05) is 19.3 Å². The van der Waals surface area contributed by atoms with Crippen LogP contribution in [0.4, 0.5) is 0 Å². The van der Waals surface area contributed by atoms with Crippen molar-refractivity contribution in [3.8, 4) is 0 Å². The third-order valence-corrected chi connectivity index (χ3v) is 11.3. The van der Waals surface area contributed by atoms with Crippen LogP contribution in [0, 0.1) is 0 Å². The van der Waals surface area contributed by atoms with Crippen molar-refractivity contribution in [2.24, 2.45) is 0 Å². The maximum absolute atomic E-state index is 12.8. The molecule has 0 aromatic carbocycles. The van der Waals surface area contributed by atoms with Crippen LogP contribution in [0.1, 0.15) is 213 Å². The molecule has 0 spiro atoms. The average Bonchev–Trinajstić information content (AvgIpc) is 3.26. The quantitative estimate of drug-likeness (QED) is 0.0281. The Morgan fingerprint density at radius 3 is 1.31 bits per heavy atom. The average molecular weight is 897 g/mol. The van der Waals surface area contributed by atoms with Gasteiger partial charge in [-0.25, -0.2) is 4.79 Å². The number of carbonyl (C=O) groups excluding carboxylic acids is 2. The largest absolute Gasteiger partial charge is 0.477 e. The van der Waals surface area contributed by atoms with Crippen LogP contribution in [0.5, 0.6) is 0 Å². The molecule has 0 saturated heterocycles. The van der Waals surface area contributed by atoms with E-state index in [1.54, 1.807) is 0 Å². The summed E-state index contributed by atoms with van der Waals surface area (Å²) in [7, 11) is 5.53. The zero-order valence-corrected chi connectivity index (χ0v) is 42.0. The number of allylic oxidation sites excluding steroid dienone is 12. The van der Waals surface area contributed by atoms with Crippen molar-refractivity contribution in [1.82, 2.24) is 0 Å². The summed E-state index contributed by atoms with van der Waals surface area (Å²) in [5.74, 6) is -1.49. The number of carboxylic acid groups (broad SMARTS) is 1. The van der Waals surface area contributed by atoms with Crippen molar-refractivity contribution in [3.63, 3.8) is 0 Å². The van der Waals surface area contributed by atoms with Gasteiger partial charge < -0.3 is 23.8 Å². The second kappa shape index (κ2) is 46.3. The van der Waals surface area contributed by atoms with E-state index in [0.29, 0.717) is 19.3 Å². The molecule has 1 N–H and O–H groups in total. The van der Waals surface area contributed by atoms with Gasteiger partial charge in [0.25, 0.3) is 0 Å². The molecule has 8 nitrogen and oxygen atoms in total. The Bertz CT molecular complexity index is 1270. The van der Waals surface area contributed by atoms with Gasteiger partial charge in [-0.2, -0.15) is 0 Å². The van der Waals surface area contributed by atoms with Crippen molar-refractivity contribution in [3.05, 3.63) is 72.9 Å². The van der Waals surface area contributed by atoms with Crippen LogP contribution in [0.3, 0.4) is 0 Å². The second-order valence-electron chi connectivity index (χ2n) is 18.4. The van der Waals surface area contributed by atoms with Crippen LogP contribution < -0.4 is 0 Å². The molecule has 0 aliphatic carbocycles. The maximum Gasteiger partial charge on any atom is 0.362 e. The first-order chi connectivity index (χ1) is 31.1. The lowest BCUT2D eigenvalue weighted by Crippen LogP contribution is -2.50. The molecule has 0 amide bonds. The highest BCUT2D eigenvalue weighted by Gasteiger charge is 2.31. The van der Waals surface area contributed by atoms with Gasteiger partial charge in [0.05, 0.1) is 34.4 Å². The highest BCUT2D eigenvalue weighted by molar-refractivity contribution is 5.72. The van der Waals surface area contributed by atoms with Gasteiger partial charge in [-0.3, -0.25) is 9.59 Å². The number of carbonyl (C=O) groups is 3. The monoisotopic (exact) mass is 897 g/mol. The molecule has 0 fully saturated rings. The number of likely N-dealkylation sites (N-methyl/N-ethyl adjacent to an activating group) is 1. The van der Waals surface area contributed by atoms with Crippen molar-refractivity contribution in [1.29, 1.82) is 0 Å². The van der Waals surface area contributed by atoms with E-state index in [1.165, 1.54) is 96.3 Å². The molecule has 0 aliphatic heterocycles. The number of hydrogen-bond donors (Lipinski definition) is 1. The molecule has 8 heteroatoms. The number of ether oxygens (including phenoxy) is 3. The normalized spacial score (nSPS) is 13.5. The van der Waals surface area contributed by atoms with Gasteiger partial charge in [0.15, 0.2) is 12.1 Å². The Hall–Kier alpha value is -3.23. The van der Waals surface area contributed by atoms with Gasteiger partial charge in [0.1, 0.15) is 6.61 Å². The number of aliphatic carboxylic acids is 1. The molecule has 0 aliphatic rings. The van der Waals surface area contributed by atoms with Crippen molar-refractivity contribution in [2.75, 3.05) is 41.0 Å². The van der Waals surface area contributed by atoms with E-state index in [0.717, 1.165) is 83.5 Å². The lowest BCUT2D eigenvalue weighted by atomic mass is 10.1. The topological polar surface area (TPSA) is 99.1 Å².